The van der Waals surface area contributed by atoms with Crippen molar-refractivity contribution < 1.29 is 9.47 Å². The van der Waals surface area contributed by atoms with Gasteiger partial charge in [-0.05, 0) is 20.4 Å². The predicted molar refractivity (Wildman–Crippen MR) is 118 cm³/mol. The van der Waals surface area contributed by atoms with Crippen LogP contribution in [0.2, 0.25) is 0 Å². The highest BCUT2D eigenvalue weighted by molar-refractivity contribution is 14.0. The molecule has 154 valence electrons. The van der Waals surface area contributed by atoms with Gasteiger partial charge in [-0.25, -0.2) is 0 Å². The first-order chi connectivity index (χ1) is 12.1. The van der Waals surface area contributed by atoms with E-state index in [1.54, 1.807) is 7.11 Å². The number of guanidine groups is 1. The monoisotopic (exact) mass is 483 g/mol. The van der Waals surface area contributed by atoms with Crippen LogP contribution in [-0.4, -0.2) is 114 Å². The van der Waals surface area contributed by atoms with Gasteiger partial charge in [0.25, 0.3) is 0 Å². The van der Waals surface area contributed by atoms with E-state index >= 15 is 0 Å². The van der Waals surface area contributed by atoms with Crippen molar-refractivity contribution >= 4 is 29.9 Å². The van der Waals surface area contributed by atoms with E-state index in [0.717, 1.165) is 58.4 Å². The summed E-state index contributed by atoms with van der Waals surface area (Å²) in [5.41, 5.74) is 0. The Morgan fingerprint density at radius 1 is 1.19 bits per heavy atom. The van der Waals surface area contributed by atoms with Crippen LogP contribution < -0.4 is 5.32 Å². The highest BCUT2D eigenvalue weighted by Crippen LogP contribution is 2.16. The summed E-state index contributed by atoms with van der Waals surface area (Å²) in [5, 5.41) is 3.58. The van der Waals surface area contributed by atoms with Crippen LogP contribution >= 0.6 is 24.0 Å². The second kappa shape index (κ2) is 13.1. The van der Waals surface area contributed by atoms with Crippen molar-refractivity contribution in [3.05, 3.63) is 0 Å². The van der Waals surface area contributed by atoms with Gasteiger partial charge < -0.3 is 24.6 Å². The number of hydrogen-bond donors (Lipinski definition) is 1. The Morgan fingerprint density at radius 2 is 1.92 bits per heavy atom. The lowest BCUT2D eigenvalue weighted by Gasteiger charge is -2.37. The van der Waals surface area contributed by atoms with Gasteiger partial charge in [-0.2, -0.15) is 0 Å². The average molecular weight is 483 g/mol. The molecular weight excluding hydrogens is 445 g/mol. The molecule has 0 aromatic carbocycles. The van der Waals surface area contributed by atoms with Gasteiger partial charge in [-0.1, -0.05) is 0 Å². The Hall–Kier alpha value is -0.160. The van der Waals surface area contributed by atoms with Crippen molar-refractivity contribution in [2.24, 2.45) is 10.9 Å². The Morgan fingerprint density at radius 3 is 2.58 bits per heavy atom. The molecule has 0 bridgehead atoms. The molecule has 0 aliphatic carbocycles. The molecule has 8 heteroatoms. The number of hydrogen-bond acceptors (Lipinski definition) is 5. The molecule has 2 fully saturated rings. The Balaban J connectivity index is 0.00000338. The van der Waals surface area contributed by atoms with Gasteiger partial charge in [0.2, 0.25) is 0 Å². The Kier molecular flexibility index (Phi) is 12.0. The lowest BCUT2D eigenvalue weighted by molar-refractivity contribution is 0.0536. The molecule has 0 radical (unpaired) electrons. The molecule has 0 amide bonds. The molecule has 2 aliphatic rings. The van der Waals surface area contributed by atoms with Gasteiger partial charge in [0.05, 0.1) is 19.8 Å². The average Bonchev–Trinajstić information content (AvgIpc) is 3.08. The first kappa shape index (κ1) is 23.9. The van der Waals surface area contributed by atoms with E-state index < -0.39 is 0 Å². The van der Waals surface area contributed by atoms with Crippen LogP contribution in [0.1, 0.15) is 13.3 Å². The normalized spacial score (nSPS) is 23.8. The highest BCUT2D eigenvalue weighted by Gasteiger charge is 2.26. The van der Waals surface area contributed by atoms with Crippen LogP contribution in [-0.2, 0) is 9.47 Å². The van der Waals surface area contributed by atoms with E-state index in [0.29, 0.717) is 25.2 Å². The Labute approximate surface area is 176 Å². The number of likely N-dealkylation sites (N-methyl/N-ethyl adjacent to an activating group) is 1. The molecule has 0 aromatic rings. The number of methoxy groups -OCH3 is 1. The smallest absolute Gasteiger partial charge is 0.193 e. The fourth-order valence-corrected chi connectivity index (χ4v) is 3.52. The molecule has 7 nitrogen and oxygen atoms in total. The second-order valence-electron chi connectivity index (χ2n) is 7.28. The quantitative estimate of drug-likeness (QED) is 0.239. The summed E-state index contributed by atoms with van der Waals surface area (Å²) in [6.07, 6.45) is 1.17. The second-order valence-corrected chi connectivity index (χ2v) is 7.28. The number of nitrogens with zero attached hydrogens (tertiary/aromatic N) is 4. The van der Waals surface area contributed by atoms with Crippen LogP contribution in [0.4, 0.5) is 0 Å². The molecule has 2 aliphatic heterocycles. The maximum Gasteiger partial charge on any atom is 0.193 e. The van der Waals surface area contributed by atoms with Crippen molar-refractivity contribution in [1.29, 1.82) is 0 Å². The summed E-state index contributed by atoms with van der Waals surface area (Å²) >= 11 is 0. The van der Waals surface area contributed by atoms with Crippen molar-refractivity contribution in [2.45, 2.75) is 19.4 Å². The van der Waals surface area contributed by atoms with Gasteiger partial charge in [0.15, 0.2) is 5.96 Å². The minimum absolute atomic E-state index is 0. The summed E-state index contributed by atoms with van der Waals surface area (Å²) in [5.74, 6) is 1.62. The third-order valence-electron chi connectivity index (χ3n) is 5.30. The lowest BCUT2D eigenvalue weighted by Crippen LogP contribution is -2.52. The van der Waals surface area contributed by atoms with E-state index in [2.05, 4.69) is 39.0 Å². The third-order valence-corrected chi connectivity index (χ3v) is 5.30. The number of piperazine rings is 1. The Bertz CT molecular complexity index is 405. The van der Waals surface area contributed by atoms with Crippen LogP contribution in [0, 0.1) is 5.92 Å². The van der Waals surface area contributed by atoms with Gasteiger partial charge >= 0.3 is 0 Å². The van der Waals surface area contributed by atoms with E-state index in [4.69, 9.17) is 9.47 Å². The first-order valence-corrected chi connectivity index (χ1v) is 9.59. The molecule has 2 saturated heterocycles. The molecule has 2 atom stereocenters. The zero-order chi connectivity index (χ0) is 18.1. The zero-order valence-electron chi connectivity index (χ0n) is 16.9. The summed E-state index contributed by atoms with van der Waals surface area (Å²) in [6, 6.07) is 0.529. The minimum Gasteiger partial charge on any atom is -0.382 e. The molecular formula is C18H38IN5O2. The fourth-order valence-electron chi connectivity index (χ4n) is 3.52. The lowest BCUT2D eigenvalue weighted by atomic mass is 10.1. The minimum atomic E-state index is 0. The zero-order valence-corrected chi connectivity index (χ0v) is 19.3. The first-order valence-electron chi connectivity index (χ1n) is 9.59. The van der Waals surface area contributed by atoms with Crippen molar-refractivity contribution in [2.75, 3.05) is 86.8 Å². The summed E-state index contributed by atoms with van der Waals surface area (Å²) in [6.45, 7) is 12.1. The maximum atomic E-state index is 5.68. The summed E-state index contributed by atoms with van der Waals surface area (Å²) in [7, 11) is 5.79. The molecule has 2 heterocycles. The van der Waals surface area contributed by atoms with Crippen LogP contribution in [0.15, 0.2) is 4.99 Å². The summed E-state index contributed by atoms with van der Waals surface area (Å²) < 4.78 is 10.7. The number of rotatable bonds is 8. The van der Waals surface area contributed by atoms with Gasteiger partial charge in [-0.15, -0.1) is 24.0 Å². The molecule has 1 N–H and O–H groups in total. The van der Waals surface area contributed by atoms with Crippen LogP contribution in [0.25, 0.3) is 0 Å². The van der Waals surface area contributed by atoms with Gasteiger partial charge in [0.1, 0.15) is 0 Å². The van der Waals surface area contributed by atoms with Gasteiger partial charge in [-0.3, -0.25) is 9.89 Å². The summed E-state index contributed by atoms with van der Waals surface area (Å²) in [4.78, 5) is 11.8. The molecule has 2 unspecified atom stereocenters. The molecule has 26 heavy (non-hydrogen) atoms. The molecule has 0 saturated carbocycles. The number of ether oxygens (including phenoxy) is 2. The van der Waals surface area contributed by atoms with Crippen molar-refractivity contribution in [1.82, 2.24) is 20.0 Å². The highest BCUT2D eigenvalue weighted by atomic mass is 127. The van der Waals surface area contributed by atoms with Crippen molar-refractivity contribution in [3.8, 4) is 0 Å². The SMILES string of the molecule is CN=C(NCC(C)N1CCN(C)CC1)N1CCC(COCCOC)C1.I. The number of halogens is 1. The molecule has 0 aromatic heterocycles. The molecule has 2 rings (SSSR count). The van der Waals surface area contributed by atoms with Crippen LogP contribution in [0.3, 0.4) is 0 Å². The standard InChI is InChI=1S/C18H37N5O2.HI/c1-16(22-9-7-21(3)8-10-22)13-20-18(19-2)23-6-5-17(14-23)15-25-12-11-24-4;/h16-17H,5-15H2,1-4H3,(H,19,20);1H. The van der Waals surface area contributed by atoms with E-state index in [1.165, 1.54) is 6.42 Å². The van der Waals surface area contributed by atoms with E-state index in [1.807, 2.05) is 7.05 Å². The maximum absolute atomic E-state index is 5.68. The molecule has 0 spiro atoms. The third kappa shape index (κ3) is 7.84. The number of nitrogens with one attached hydrogen (secondary N) is 1. The van der Waals surface area contributed by atoms with Crippen molar-refractivity contribution in [3.63, 3.8) is 0 Å². The van der Waals surface area contributed by atoms with E-state index in [-0.39, 0.29) is 24.0 Å². The number of likely N-dealkylation sites (tertiary alicyclic amines) is 1. The van der Waals surface area contributed by atoms with Crippen LogP contribution in [0.5, 0.6) is 0 Å². The topological polar surface area (TPSA) is 52.6 Å². The largest absolute Gasteiger partial charge is 0.382 e. The number of aliphatic imine (C=N–C) groups is 1. The fraction of sp³-hybridized carbons (Fsp3) is 0.944. The van der Waals surface area contributed by atoms with Gasteiger partial charge in [0, 0.05) is 71.9 Å². The van der Waals surface area contributed by atoms with E-state index in [9.17, 15) is 0 Å². The predicted octanol–water partition coefficient (Wildman–Crippen LogP) is 0.801.